The van der Waals surface area contributed by atoms with E-state index in [1.54, 1.807) is 0 Å². The monoisotopic (exact) mass is 373 g/mol. The Morgan fingerprint density at radius 1 is 0.926 bits per heavy atom. The highest BCUT2D eigenvalue weighted by molar-refractivity contribution is 7.99. The molecule has 0 aliphatic heterocycles. The second-order valence-electron chi connectivity index (χ2n) is 6.31. The standard InChI is InChI=1S/C21H19N5S/c1-13-6-9-15(10-7-13)27-21-19(22)20(23-12-24-21)26-18-5-3-4-17-16(18)11-8-14(2)25-17/h3-12H,22H2,1-2H3,(H,23,24,26). The summed E-state index contributed by atoms with van der Waals surface area (Å²) in [6.07, 6.45) is 1.53. The summed E-state index contributed by atoms with van der Waals surface area (Å²) in [6, 6.07) is 18.3. The molecular weight excluding hydrogens is 354 g/mol. The maximum atomic E-state index is 6.35. The van der Waals surface area contributed by atoms with Crippen LogP contribution in [-0.4, -0.2) is 15.0 Å². The summed E-state index contributed by atoms with van der Waals surface area (Å²) in [5, 5.41) is 5.09. The maximum Gasteiger partial charge on any atom is 0.158 e. The smallest absolute Gasteiger partial charge is 0.158 e. The van der Waals surface area contributed by atoms with Gasteiger partial charge in [-0.15, -0.1) is 0 Å². The Hall–Kier alpha value is -3.12. The van der Waals surface area contributed by atoms with Gasteiger partial charge in [-0.05, 0) is 50.2 Å². The number of hydrogen-bond donors (Lipinski definition) is 2. The molecule has 6 heteroatoms. The summed E-state index contributed by atoms with van der Waals surface area (Å²) in [5.74, 6) is 0.590. The molecule has 0 aliphatic carbocycles. The van der Waals surface area contributed by atoms with E-state index in [-0.39, 0.29) is 0 Å². The SMILES string of the molecule is Cc1ccc(Sc2ncnc(Nc3cccc4nc(C)ccc34)c2N)cc1. The highest BCUT2D eigenvalue weighted by atomic mass is 32.2. The van der Waals surface area contributed by atoms with Crippen molar-refractivity contribution in [2.45, 2.75) is 23.8 Å². The predicted molar refractivity (Wildman–Crippen MR) is 112 cm³/mol. The minimum absolute atomic E-state index is 0.528. The molecule has 2 aromatic heterocycles. The number of benzene rings is 2. The number of nitrogens with one attached hydrogen (secondary N) is 1. The van der Waals surface area contributed by atoms with Crippen LogP contribution in [0.3, 0.4) is 0 Å². The van der Waals surface area contributed by atoms with Crippen LogP contribution in [-0.2, 0) is 0 Å². The van der Waals surface area contributed by atoms with Gasteiger partial charge in [0.1, 0.15) is 17.0 Å². The second kappa shape index (κ2) is 7.25. The average molecular weight is 373 g/mol. The Morgan fingerprint density at radius 3 is 2.56 bits per heavy atom. The molecule has 0 atom stereocenters. The van der Waals surface area contributed by atoms with Crippen LogP contribution in [0.15, 0.2) is 70.8 Å². The second-order valence-corrected chi connectivity index (χ2v) is 7.37. The van der Waals surface area contributed by atoms with Crippen molar-refractivity contribution < 1.29 is 0 Å². The largest absolute Gasteiger partial charge is 0.394 e. The van der Waals surface area contributed by atoms with E-state index in [1.807, 2.05) is 31.2 Å². The van der Waals surface area contributed by atoms with E-state index >= 15 is 0 Å². The third-order valence-corrected chi connectivity index (χ3v) is 5.23. The lowest BCUT2D eigenvalue weighted by atomic mass is 10.1. The molecule has 0 fully saturated rings. The fourth-order valence-electron chi connectivity index (χ4n) is 2.77. The van der Waals surface area contributed by atoms with E-state index in [2.05, 4.69) is 57.5 Å². The van der Waals surface area contributed by atoms with Crippen LogP contribution >= 0.6 is 11.8 Å². The van der Waals surface area contributed by atoms with E-state index in [0.29, 0.717) is 11.5 Å². The minimum atomic E-state index is 0.528. The van der Waals surface area contributed by atoms with Crippen molar-refractivity contribution in [2.75, 3.05) is 11.1 Å². The van der Waals surface area contributed by atoms with Crippen LogP contribution in [0.4, 0.5) is 17.2 Å². The topological polar surface area (TPSA) is 76.7 Å². The molecule has 0 spiro atoms. The molecule has 0 saturated heterocycles. The summed E-state index contributed by atoms with van der Waals surface area (Å²) < 4.78 is 0. The molecule has 2 aromatic carbocycles. The summed E-state index contributed by atoms with van der Waals surface area (Å²) in [6.45, 7) is 4.05. The molecule has 4 rings (SSSR count). The fraction of sp³-hybridized carbons (Fsp3) is 0.0952. The quantitative estimate of drug-likeness (QED) is 0.484. The van der Waals surface area contributed by atoms with E-state index in [1.165, 1.54) is 23.7 Å². The van der Waals surface area contributed by atoms with Gasteiger partial charge in [-0.1, -0.05) is 35.5 Å². The van der Waals surface area contributed by atoms with Crippen LogP contribution in [0.1, 0.15) is 11.3 Å². The van der Waals surface area contributed by atoms with Crippen LogP contribution in [0.2, 0.25) is 0 Å². The van der Waals surface area contributed by atoms with Crippen molar-refractivity contribution in [3.05, 3.63) is 72.2 Å². The summed E-state index contributed by atoms with van der Waals surface area (Å²) in [7, 11) is 0. The van der Waals surface area contributed by atoms with Crippen molar-refractivity contribution >= 4 is 39.9 Å². The Labute approximate surface area is 162 Å². The molecule has 0 amide bonds. The molecule has 0 unspecified atom stereocenters. The number of rotatable bonds is 4. The Kier molecular flexibility index (Phi) is 4.64. The average Bonchev–Trinajstić information content (AvgIpc) is 2.66. The molecule has 134 valence electrons. The van der Waals surface area contributed by atoms with Crippen LogP contribution in [0, 0.1) is 13.8 Å². The zero-order valence-corrected chi connectivity index (χ0v) is 15.9. The molecule has 5 nitrogen and oxygen atoms in total. The molecule has 27 heavy (non-hydrogen) atoms. The predicted octanol–water partition coefficient (Wildman–Crippen LogP) is 5.12. The van der Waals surface area contributed by atoms with Crippen LogP contribution in [0.25, 0.3) is 10.9 Å². The van der Waals surface area contributed by atoms with Gasteiger partial charge < -0.3 is 11.1 Å². The lowest BCUT2D eigenvalue weighted by Crippen LogP contribution is -2.03. The molecular formula is C21H19N5S. The number of nitrogens with two attached hydrogens (primary N) is 1. The number of aromatic nitrogens is 3. The van der Waals surface area contributed by atoms with E-state index in [0.717, 1.165) is 32.2 Å². The van der Waals surface area contributed by atoms with Gasteiger partial charge in [0.15, 0.2) is 5.82 Å². The summed E-state index contributed by atoms with van der Waals surface area (Å²) in [4.78, 5) is 14.3. The van der Waals surface area contributed by atoms with Crippen LogP contribution in [0.5, 0.6) is 0 Å². The normalized spacial score (nSPS) is 10.9. The number of anilines is 3. The zero-order valence-electron chi connectivity index (χ0n) is 15.1. The zero-order chi connectivity index (χ0) is 18.8. The van der Waals surface area contributed by atoms with Gasteiger partial charge >= 0.3 is 0 Å². The van der Waals surface area contributed by atoms with Gasteiger partial charge in [0.2, 0.25) is 0 Å². The molecule has 3 N–H and O–H groups in total. The highest BCUT2D eigenvalue weighted by Gasteiger charge is 2.11. The first-order valence-electron chi connectivity index (χ1n) is 8.58. The number of nitrogens with zero attached hydrogens (tertiary/aromatic N) is 3. The van der Waals surface area contributed by atoms with E-state index < -0.39 is 0 Å². The van der Waals surface area contributed by atoms with E-state index in [4.69, 9.17) is 5.73 Å². The van der Waals surface area contributed by atoms with Crippen molar-refractivity contribution in [2.24, 2.45) is 0 Å². The maximum absolute atomic E-state index is 6.35. The van der Waals surface area contributed by atoms with Crippen molar-refractivity contribution in [3.63, 3.8) is 0 Å². The lowest BCUT2D eigenvalue weighted by Gasteiger charge is -2.13. The number of aryl methyl sites for hydroxylation is 2. The number of hydrogen-bond acceptors (Lipinski definition) is 6. The van der Waals surface area contributed by atoms with Gasteiger partial charge in [-0.25, -0.2) is 9.97 Å². The number of fused-ring (bicyclic) bond motifs is 1. The minimum Gasteiger partial charge on any atom is -0.394 e. The lowest BCUT2D eigenvalue weighted by molar-refractivity contribution is 1.06. The van der Waals surface area contributed by atoms with Crippen molar-refractivity contribution in [1.29, 1.82) is 0 Å². The molecule has 2 heterocycles. The first-order chi connectivity index (χ1) is 13.1. The Morgan fingerprint density at radius 2 is 1.74 bits per heavy atom. The van der Waals surface area contributed by atoms with Crippen molar-refractivity contribution in [3.8, 4) is 0 Å². The van der Waals surface area contributed by atoms with Gasteiger partial charge in [-0.2, -0.15) is 0 Å². The molecule has 0 aliphatic rings. The summed E-state index contributed by atoms with van der Waals surface area (Å²) in [5.41, 5.74) is 10.9. The van der Waals surface area contributed by atoms with Crippen molar-refractivity contribution in [1.82, 2.24) is 15.0 Å². The third kappa shape index (κ3) is 3.71. The first kappa shape index (κ1) is 17.3. The van der Waals surface area contributed by atoms with Gasteiger partial charge in [0.25, 0.3) is 0 Å². The first-order valence-corrected chi connectivity index (χ1v) is 9.40. The summed E-state index contributed by atoms with van der Waals surface area (Å²) >= 11 is 1.52. The van der Waals surface area contributed by atoms with Gasteiger partial charge in [-0.3, -0.25) is 4.98 Å². The van der Waals surface area contributed by atoms with E-state index in [9.17, 15) is 0 Å². The fourth-order valence-corrected chi connectivity index (χ4v) is 3.57. The highest BCUT2D eigenvalue weighted by Crippen LogP contribution is 2.35. The van der Waals surface area contributed by atoms with Gasteiger partial charge in [0.05, 0.1) is 5.52 Å². The molecule has 0 saturated carbocycles. The number of pyridine rings is 1. The van der Waals surface area contributed by atoms with Gasteiger partial charge in [0, 0.05) is 21.7 Å². The molecule has 0 radical (unpaired) electrons. The van der Waals surface area contributed by atoms with Crippen LogP contribution < -0.4 is 11.1 Å². The Bertz CT molecular complexity index is 1110. The molecule has 4 aromatic rings. The number of nitrogen functional groups attached to an aromatic ring is 1. The molecule has 0 bridgehead atoms. The third-order valence-electron chi connectivity index (χ3n) is 4.21. The Balaban J connectivity index is 1.66.